The molecule has 1 radical (unpaired) electrons. The van der Waals surface area contributed by atoms with Crippen LogP contribution in [0.4, 0.5) is 0 Å². The summed E-state index contributed by atoms with van der Waals surface area (Å²) >= 11 is 0. The van der Waals surface area contributed by atoms with Gasteiger partial charge in [-0.2, -0.15) is 4.85 Å². The van der Waals surface area contributed by atoms with Crippen LogP contribution in [0.5, 0.6) is 0 Å². The van der Waals surface area contributed by atoms with Crippen LogP contribution in [0.3, 0.4) is 0 Å². The number of carbonyl (C=O) groups excluding carboxylic acids is 1. The van der Waals surface area contributed by atoms with E-state index in [9.17, 15) is 4.79 Å². The Kier molecular flexibility index (Phi) is 8.71. The first-order valence-corrected chi connectivity index (χ1v) is 3.70. The number of hydrogen-bond donors (Lipinski definition) is 5. The molecule has 0 aromatic heterocycles. The Bertz CT molecular complexity index is 242. The van der Waals surface area contributed by atoms with Crippen LogP contribution in [0, 0.1) is 6.57 Å². The third-order valence-corrected chi connectivity index (χ3v) is 1.62. The molecule has 0 saturated heterocycles. The van der Waals surface area contributed by atoms with E-state index in [1.807, 2.05) is 0 Å². The van der Waals surface area contributed by atoms with Crippen molar-refractivity contribution in [3.05, 3.63) is 11.4 Å². The largest absolute Gasteiger partial charge is 0.394 e. The maximum atomic E-state index is 10.5. The van der Waals surface area contributed by atoms with E-state index in [0.717, 1.165) is 0 Å². The van der Waals surface area contributed by atoms with E-state index >= 15 is 0 Å². The van der Waals surface area contributed by atoms with Gasteiger partial charge in [0.25, 0.3) is 0 Å². The predicted molar refractivity (Wildman–Crippen MR) is 42.7 cm³/mol. The van der Waals surface area contributed by atoms with Crippen molar-refractivity contribution in [3.8, 4) is 0 Å². The fourth-order valence-electron chi connectivity index (χ4n) is 0.735. The molecule has 0 fully saturated rings. The van der Waals surface area contributed by atoms with Gasteiger partial charge in [0, 0.05) is 17.1 Å². The normalized spacial score (nSPS) is 17.9. The first-order chi connectivity index (χ1) is 6.45. The number of hydrogen-bond acceptors (Lipinski definition) is 6. The van der Waals surface area contributed by atoms with Crippen LogP contribution in [-0.4, -0.2) is 62.5 Å². The molecule has 0 rings (SSSR count). The number of nitrogens with zero attached hydrogens (tertiary/aromatic N) is 1. The van der Waals surface area contributed by atoms with Crippen LogP contribution in [0.1, 0.15) is 0 Å². The van der Waals surface area contributed by atoms with E-state index in [-0.39, 0.29) is 17.1 Å². The van der Waals surface area contributed by atoms with E-state index < -0.39 is 36.9 Å². The molecule has 0 unspecified atom stereocenters. The molecule has 0 saturated carbocycles. The molecule has 91 valence electrons. The summed E-state index contributed by atoms with van der Waals surface area (Å²) in [5, 5.41) is 44.2. The maximum Gasteiger partial charge on any atom is 0.386 e. The monoisotopic (exact) mass is 268 g/mol. The summed E-state index contributed by atoms with van der Waals surface area (Å²) in [5.74, 6) is -1.35. The minimum atomic E-state index is -2.09. The number of aliphatic hydroxyl groups excluding tert-OH is 5. The van der Waals surface area contributed by atoms with Crippen LogP contribution >= 0.6 is 0 Å². The molecule has 7 nitrogen and oxygen atoms in total. The molecule has 4 atom stereocenters. The van der Waals surface area contributed by atoms with Crippen molar-refractivity contribution in [1.29, 1.82) is 0 Å². The zero-order valence-electron chi connectivity index (χ0n) is 7.41. The van der Waals surface area contributed by atoms with Crippen molar-refractivity contribution in [1.82, 2.24) is 0 Å². The standard InChI is InChI=1S/C7H11NO6.Cu/c1-8-7(14)6(13)5(12)4(11)3(10)2-9;/h3-6,9-13H,2H2;/t3-,4-,5+,6-;/m1./s1. The summed E-state index contributed by atoms with van der Waals surface area (Å²) in [6, 6.07) is 0. The average molecular weight is 269 g/mol. The molecule has 0 heterocycles. The van der Waals surface area contributed by atoms with Crippen molar-refractivity contribution < 1.29 is 47.4 Å². The minimum Gasteiger partial charge on any atom is -0.394 e. The summed E-state index contributed by atoms with van der Waals surface area (Å²) in [6.45, 7) is 5.40. The number of rotatable bonds is 5. The number of aliphatic hydroxyl groups is 5. The number of carbonyl (C=O) groups is 1. The summed E-state index contributed by atoms with van der Waals surface area (Å²) < 4.78 is 0. The predicted octanol–water partition coefficient (Wildman–Crippen LogP) is -3.13. The van der Waals surface area contributed by atoms with Gasteiger partial charge >= 0.3 is 5.91 Å². The van der Waals surface area contributed by atoms with E-state index in [0.29, 0.717) is 0 Å². The van der Waals surface area contributed by atoms with Crippen molar-refractivity contribution >= 4 is 5.91 Å². The average Bonchev–Trinajstić information content (AvgIpc) is 2.23. The van der Waals surface area contributed by atoms with Gasteiger partial charge in [-0.1, -0.05) is 0 Å². The maximum absolute atomic E-state index is 10.5. The Morgan fingerprint density at radius 1 is 1.20 bits per heavy atom. The van der Waals surface area contributed by atoms with Gasteiger partial charge in [0.15, 0.2) is 6.10 Å². The molecule has 0 spiro atoms. The first-order valence-electron chi connectivity index (χ1n) is 3.70. The fourth-order valence-corrected chi connectivity index (χ4v) is 0.735. The van der Waals surface area contributed by atoms with Crippen LogP contribution in [-0.2, 0) is 21.9 Å². The Hall–Kier alpha value is -0.521. The van der Waals surface area contributed by atoms with Crippen molar-refractivity contribution in [2.75, 3.05) is 6.61 Å². The van der Waals surface area contributed by atoms with Crippen LogP contribution in [0.15, 0.2) is 0 Å². The Morgan fingerprint density at radius 3 is 2.00 bits per heavy atom. The first kappa shape index (κ1) is 16.9. The van der Waals surface area contributed by atoms with Crippen LogP contribution < -0.4 is 0 Å². The molecule has 1 amide bonds. The van der Waals surface area contributed by atoms with Gasteiger partial charge in [0.05, 0.1) is 13.2 Å². The Balaban J connectivity index is 0. The third kappa shape index (κ3) is 4.68. The van der Waals surface area contributed by atoms with E-state index in [1.165, 1.54) is 0 Å². The van der Waals surface area contributed by atoms with Crippen molar-refractivity contribution in [3.63, 3.8) is 0 Å². The Labute approximate surface area is 96.3 Å². The molecule has 8 heteroatoms. The Morgan fingerprint density at radius 2 is 1.67 bits per heavy atom. The second-order valence-electron chi connectivity index (χ2n) is 2.63. The molecular weight excluding hydrogens is 258 g/mol. The molecule has 0 bridgehead atoms. The molecule has 5 N–H and O–H groups in total. The van der Waals surface area contributed by atoms with E-state index in [1.54, 1.807) is 0 Å². The second-order valence-corrected chi connectivity index (χ2v) is 2.63. The third-order valence-electron chi connectivity index (χ3n) is 1.62. The van der Waals surface area contributed by atoms with Gasteiger partial charge < -0.3 is 30.3 Å². The second kappa shape index (κ2) is 7.73. The van der Waals surface area contributed by atoms with Crippen LogP contribution in [0.2, 0.25) is 0 Å². The molecule has 0 aromatic rings. The zero-order chi connectivity index (χ0) is 11.3. The van der Waals surface area contributed by atoms with Crippen molar-refractivity contribution in [2.45, 2.75) is 24.4 Å². The van der Waals surface area contributed by atoms with Crippen LogP contribution in [0.25, 0.3) is 4.85 Å². The molecule has 0 aliphatic heterocycles. The molecular formula is C7H11CuNO6. The summed E-state index contributed by atoms with van der Waals surface area (Å²) in [7, 11) is 0. The summed E-state index contributed by atoms with van der Waals surface area (Å²) in [4.78, 5) is 12.9. The quantitative estimate of drug-likeness (QED) is 0.265. The van der Waals surface area contributed by atoms with Gasteiger partial charge in [-0.25, -0.2) is 0 Å². The SMILES string of the molecule is [C-]#[N+]C(=O)[C@H](O)[C@@H](O)[C@H](O)[C@H](O)CO.[Cu]. The van der Waals surface area contributed by atoms with Gasteiger partial charge in [-0.15, -0.1) is 0 Å². The van der Waals surface area contributed by atoms with Gasteiger partial charge in [-0.3, -0.25) is 0 Å². The number of amides is 1. The zero-order valence-corrected chi connectivity index (χ0v) is 8.35. The van der Waals surface area contributed by atoms with Gasteiger partial charge in [-0.05, 0) is 0 Å². The van der Waals surface area contributed by atoms with E-state index in [4.69, 9.17) is 32.1 Å². The van der Waals surface area contributed by atoms with Gasteiger partial charge in [0.1, 0.15) is 18.3 Å². The summed E-state index contributed by atoms with van der Waals surface area (Å²) in [5.41, 5.74) is 0. The van der Waals surface area contributed by atoms with Crippen molar-refractivity contribution in [2.24, 2.45) is 0 Å². The molecule has 0 aromatic carbocycles. The topological polar surface area (TPSA) is 123 Å². The van der Waals surface area contributed by atoms with Gasteiger partial charge in [0.2, 0.25) is 0 Å². The smallest absolute Gasteiger partial charge is 0.386 e. The fraction of sp³-hybridized carbons (Fsp3) is 0.714. The minimum absolute atomic E-state index is 0. The molecule has 15 heavy (non-hydrogen) atoms. The van der Waals surface area contributed by atoms with E-state index in [2.05, 4.69) is 4.85 Å². The summed E-state index contributed by atoms with van der Waals surface area (Å²) in [6.07, 6.45) is -7.67. The molecule has 0 aliphatic carbocycles. The molecule has 0 aliphatic rings.